The second kappa shape index (κ2) is 4.71. The molecule has 0 radical (unpaired) electrons. The van der Waals surface area contributed by atoms with Crippen LogP contribution in [0.3, 0.4) is 0 Å². The zero-order valence-corrected chi connectivity index (χ0v) is 10.9. The Labute approximate surface area is 120 Å². The normalized spacial score (nSPS) is 24.0. The van der Waals surface area contributed by atoms with E-state index in [9.17, 15) is 19.8 Å². The molecule has 0 saturated carbocycles. The minimum atomic E-state index is -2.62. The molecule has 0 fully saturated rings. The molecule has 2 N–H and O–H groups in total. The number of carboxylic acids is 1. The Bertz CT molecular complexity index is 710. The van der Waals surface area contributed by atoms with Gasteiger partial charge in [-0.2, -0.15) is 0 Å². The molecule has 2 aromatic rings. The fourth-order valence-corrected chi connectivity index (χ4v) is 2.62. The molecule has 5 nitrogen and oxygen atoms in total. The number of carbonyl (C=O) groups excluding carboxylic acids is 1. The highest BCUT2D eigenvalue weighted by Gasteiger charge is 2.54. The van der Waals surface area contributed by atoms with E-state index in [1.807, 2.05) is 0 Å². The monoisotopic (exact) mass is 284 g/mol. The lowest BCUT2D eigenvalue weighted by molar-refractivity contribution is -0.211. The first-order chi connectivity index (χ1) is 10.0. The van der Waals surface area contributed by atoms with Crippen LogP contribution in [0.25, 0.3) is 0 Å². The average molecular weight is 284 g/mol. The standard InChI is InChI=1S/C16H12O5/c17-14-12-9-5-4-8-11(12)13(10-6-2-1-3-7-10)16(20,21-14)15(18)19/h1-9,13,20H,(H,18,19). The molecule has 3 rings (SSSR count). The topological polar surface area (TPSA) is 83.8 Å². The van der Waals surface area contributed by atoms with Crippen LogP contribution in [0, 0.1) is 0 Å². The van der Waals surface area contributed by atoms with E-state index in [1.165, 1.54) is 0 Å². The summed E-state index contributed by atoms with van der Waals surface area (Å²) in [6.07, 6.45) is 0. The number of benzene rings is 2. The van der Waals surface area contributed by atoms with Crippen LogP contribution in [0.15, 0.2) is 54.6 Å². The van der Waals surface area contributed by atoms with Gasteiger partial charge in [0.05, 0.1) is 11.5 Å². The molecule has 0 spiro atoms. The third kappa shape index (κ3) is 1.98. The molecule has 2 unspecified atom stereocenters. The van der Waals surface area contributed by atoms with Crippen molar-refractivity contribution in [2.45, 2.75) is 11.7 Å². The van der Waals surface area contributed by atoms with Crippen LogP contribution >= 0.6 is 0 Å². The van der Waals surface area contributed by atoms with Crippen molar-refractivity contribution in [2.75, 3.05) is 0 Å². The molecule has 0 amide bonds. The van der Waals surface area contributed by atoms with Crippen molar-refractivity contribution in [3.8, 4) is 0 Å². The number of cyclic esters (lactones) is 1. The van der Waals surface area contributed by atoms with Crippen molar-refractivity contribution >= 4 is 11.9 Å². The summed E-state index contributed by atoms with van der Waals surface area (Å²) in [5.41, 5.74) is 1.25. The maximum Gasteiger partial charge on any atom is 0.378 e. The highest BCUT2D eigenvalue weighted by atomic mass is 16.7. The number of esters is 1. The lowest BCUT2D eigenvalue weighted by Crippen LogP contribution is -2.52. The van der Waals surface area contributed by atoms with Crippen molar-refractivity contribution in [2.24, 2.45) is 0 Å². The Morgan fingerprint density at radius 2 is 1.67 bits per heavy atom. The van der Waals surface area contributed by atoms with Gasteiger partial charge in [-0.1, -0.05) is 48.5 Å². The molecule has 2 atom stereocenters. The summed E-state index contributed by atoms with van der Waals surface area (Å²) in [4.78, 5) is 23.4. The Kier molecular flexibility index (Phi) is 2.99. The van der Waals surface area contributed by atoms with Crippen LogP contribution in [0.1, 0.15) is 27.4 Å². The lowest BCUT2D eigenvalue weighted by Gasteiger charge is -2.36. The van der Waals surface area contributed by atoms with E-state index < -0.39 is 23.6 Å². The summed E-state index contributed by atoms with van der Waals surface area (Å²) in [5, 5.41) is 19.8. The molecule has 0 bridgehead atoms. The third-order valence-electron chi connectivity index (χ3n) is 3.57. The van der Waals surface area contributed by atoms with Gasteiger partial charge in [0.25, 0.3) is 0 Å². The summed E-state index contributed by atoms with van der Waals surface area (Å²) in [6, 6.07) is 15.2. The molecule has 1 aliphatic heterocycles. The summed E-state index contributed by atoms with van der Waals surface area (Å²) in [5.74, 6) is -6.04. The van der Waals surface area contributed by atoms with E-state index in [0.29, 0.717) is 11.1 Å². The quantitative estimate of drug-likeness (QED) is 0.821. The summed E-state index contributed by atoms with van der Waals surface area (Å²) in [7, 11) is 0. The molecular weight excluding hydrogens is 272 g/mol. The van der Waals surface area contributed by atoms with Gasteiger partial charge in [0.2, 0.25) is 0 Å². The Morgan fingerprint density at radius 3 is 2.33 bits per heavy atom. The first-order valence-electron chi connectivity index (χ1n) is 6.37. The van der Waals surface area contributed by atoms with E-state index in [1.54, 1.807) is 54.6 Å². The van der Waals surface area contributed by atoms with E-state index in [0.717, 1.165) is 0 Å². The van der Waals surface area contributed by atoms with E-state index in [2.05, 4.69) is 0 Å². The second-order valence-electron chi connectivity index (χ2n) is 4.82. The van der Waals surface area contributed by atoms with Crippen LogP contribution in [0.5, 0.6) is 0 Å². The maximum absolute atomic E-state index is 11.9. The van der Waals surface area contributed by atoms with E-state index in [-0.39, 0.29) is 5.56 Å². The van der Waals surface area contributed by atoms with Gasteiger partial charge in [-0.05, 0) is 17.2 Å². The SMILES string of the molecule is O=C1OC(O)(C(=O)O)C(c2ccccc2)c2ccccc21. The number of ether oxygens (including phenoxy) is 1. The van der Waals surface area contributed by atoms with Gasteiger partial charge >= 0.3 is 17.7 Å². The van der Waals surface area contributed by atoms with Gasteiger partial charge < -0.3 is 14.9 Å². The average Bonchev–Trinajstić information content (AvgIpc) is 2.48. The molecule has 106 valence electrons. The van der Waals surface area contributed by atoms with Gasteiger partial charge in [0.1, 0.15) is 0 Å². The Balaban J connectivity index is 2.27. The first kappa shape index (κ1) is 13.3. The number of carbonyl (C=O) groups is 2. The zero-order chi connectivity index (χ0) is 15.0. The van der Waals surface area contributed by atoms with Crippen molar-refractivity contribution in [1.82, 2.24) is 0 Å². The van der Waals surface area contributed by atoms with Gasteiger partial charge in [-0.25, -0.2) is 9.59 Å². The highest BCUT2D eigenvalue weighted by molar-refractivity contribution is 5.96. The number of hydrogen-bond acceptors (Lipinski definition) is 4. The second-order valence-corrected chi connectivity index (χ2v) is 4.82. The van der Waals surface area contributed by atoms with Crippen molar-refractivity contribution in [3.63, 3.8) is 0 Å². The Morgan fingerprint density at radius 1 is 1.05 bits per heavy atom. The van der Waals surface area contributed by atoms with Crippen LogP contribution in [0.2, 0.25) is 0 Å². The minimum absolute atomic E-state index is 0.261. The zero-order valence-electron chi connectivity index (χ0n) is 10.9. The number of aliphatic hydroxyl groups is 1. The predicted molar refractivity (Wildman–Crippen MR) is 72.7 cm³/mol. The fraction of sp³-hybridized carbons (Fsp3) is 0.125. The third-order valence-corrected chi connectivity index (χ3v) is 3.57. The molecule has 2 aromatic carbocycles. The molecule has 0 aromatic heterocycles. The molecular formula is C16H12O5. The van der Waals surface area contributed by atoms with Crippen molar-refractivity contribution in [3.05, 3.63) is 71.3 Å². The molecule has 1 heterocycles. The van der Waals surface area contributed by atoms with Crippen LogP contribution < -0.4 is 0 Å². The number of aliphatic carboxylic acids is 1. The molecule has 21 heavy (non-hydrogen) atoms. The Hall–Kier alpha value is -2.66. The van der Waals surface area contributed by atoms with Crippen LogP contribution in [-0.4, -0.2) is 27.9 Å². The van der Waals surface area contributed by atoms with Crippen molar-refractivity contribution < 1.29 is 24.5 Å². The minimum Gasteiger partial charge on any atom is -0.476 e. The number of fused-ring (bicyclic) bond motifs is 1. The summed E-state index contributed by atoms with van der Waals surface area (Å²) in [6.45, 7) is 0. The predicted octanol–water partition coefficient (Wildman–Crippen LogP) is 1.76. The van der Waals surface area contributed by atoms with E-state index in [4.69, 9.17) is 4.74 Å². The fourth-order valence-electron chi connectivity index (χ4n) is 2.62. The first-order valence-corrected chi connectivity index (χ1v) is 6.37. The van der Waals surface area contributed by atoms with Crippen LogP contribution in [-0.2, 0) is 9.53 Å². The van der Waals surface area contributed by atoms with Crippen molar-refractivity contribution in [1.29, 1.82) is 0 Å². The number of carboxylic acid groups (broad SMARTS) is 1. The van der Waals surface area contributed by atoms with Gasteiger partial charge in [0, 0.05) is 0 Å². The largest absolute Gasteiger partial charge is 0.476 e. The molecule has 5 heteroatoms. The summed E-state index contributed by atoms with van der Waals surface area (Å²) >= 11 is 0. The van der Waals surface area contributed by atoms with Gasteiger partial charge in [0.15, 0.2) is 0 Å². The van der Waals surface area contributed by atoms with Gasteiger partial charge in [-0.15, -0.1) is 0 Å². The van der Waals surface area contributed by atoms with E-state index >= 15 is 0 Å². The maximum atomic E-state index is 11.9. The number of rotatable bonds is 2. The van der Waals surface area contributed by atoms with Gasteiger partial charge in [-0.3, -0.25) is 0 Å². The number of hydrogen-bond donors (Lipinski definition) is 2. The molecule has 0 aliphatic carbocycles. The smallest absolute Gasteiger partial charge is 0.378 e. The summed E-state index contributed by atoms with van der Waals surface area (Å²) < 4.78 is 4.85. The lowest BCUT2D eigenvalue weighted by atomic mass is 9.80. The molecule has 1 aliphatic rings. The van der Waals surface area contributed by atoms with Crippen LogP contribution in [0.4, 0.5) is 0 Å². The highest BCUT2D eigenvalue weighted by Crippen LogP contribution is 2.42. The molecule has 0 saturated heterocycles.